The van der Waals surface area contributed by atoms with Gasteiger partial charge in [0.2, 0.25) is 0 Å². The van der Waals surface area contributed by atoms with Crippen molar-refractivity contribution in [3.8, 4) is 0 Å². The normalized spacial score (nSPS) is 57.5. The summed E-state index contributed by atoms with van der Waals surface area (Å²) in [7, 11) is 0. The Kier molecular flexibility index (Phi) is 5.13. The molecule has 0 heterocycles. The van der Waals surface area contributed by atoms with E-state index < -0.39 is 0 Å². The van der Waals surface area contributed by atoms with Crippen LogP contribution in [0, 0.1) is 49.7 Å². The lowest BCUT2D eigenvalue weighted by Crippen LogP contribution is -2.70. The number of rotatable bonds is 3. The zero-order chi connectivity index (χ0) is 23.3. The van der Waals surface area contributed by atoms with Crippen molar-refractivity contribution in [1.29, 1.82) is 0 Å². The van der Waals surface area contributed by atoms with Crippen molar-refractivity contribution in [3.05, 3.63) is 11.6 Å². The molecular weight excluding hydrogens is 372 g/mol. The molecule has 0 unspecified atom stereocenters. The Morgan fingerprint density at radius 3 is 2.00 bits per heavy atom. The van der Waals surface area contributed by atoms with Crippen molar-refractivity contribution in [1.82, 2.24) is 0 Å². The average molecular weight is 427 g/mol. The molecule has 4 aliphatic rings. The van der Waals surface area contributed by atoms with Gasteiger partial charge in [0.15, 0.2) is 0 Å². The summed E-state index contributed by atoms with van der Waals surface area (Å²) in [4.78, 5) is 0. The van der Waals surface area contributed by atoms with E-state index in [9.17, 15) is 0 Å². The van der Waals surface area contributed by atoms with Crippen LogP contribution in [0.5, 0.6) is 0 Å². The molecule has 0 amide bonds. The molecule has 0 heteroatoms. The van der Waals surface area contributed by atoms with Gasteiger partial charge in [-0.05, 0) is 95.2 Å². The highest BCUT2D eigenvalue weighted by molar-refractivity contribution is 5.38. The third kappa shape index (κ3) is 2.35. The Bertz CT molecular complexity index is 777. The fraction of sp³-hybridized carbons (Fsp3) is 0.935. The lowest BCUT2D eigenvalue weighted by Gasteiger charge is -2.77. The summed E-state index contributed by atoms with van der Waals surface area (Å²) < 4.78 is 0. The van der Waals surface area contributed by atoms with Gasteiger partial charge < -0.3 is 0 Å². The van der Waals surface area contributed by atoms with Gasteiger partial charge in [0, 0.05) is 0 Å². The molecule has 0 spiro atoms. The van der Waals surface area contributed by atoms with Gasteiger partial charge in [-0.15, -0.1) is 0 Å². The summed E-state index contributed by atoms with van der Waals surface area (Å²) in [6.07, 6.45) is 15.4. The van der Waals surface area contributed by atoms with Crippen molar-refractivity contribution in [3.63, 3.8) is 0 Å². The van der Waals surface area contributed by atoms with E-state index in [-0.39, 0.29) is 5.41 Å². The van der Waals surface area contributed by atoms with Crippen LogP contribution in [0.25, 0.3) is 0 Å². The summed E-state index contributed by atoms with van der Waals surface area (Å²) >= 11 is 0. The number of allylic oxidation sites excluding steroid dienone is 2. The smallest absolute Gasteiger partial charge is 0.0000549 e. The quantitative estimate of drug-likeness (QED) is 0.394. The third-order valence-corrected chi connectivity index (χ3v) is 14.5. The third-order valence-electron chi connectivity index (χ3n) is 14.5. The van der Waals surface area contributed by atoms with Gasteiger partial charge in [-0.2, -0.15) is 0 Å². The van der Waals surface area contributed by atoms with Crippen LogP contribution >= 0.6 is 0 Å². The summed E-state index contributed by atoms with van der Waals surface area (Å²) in [5.74, 6) is 1.69. The number of fused-ring (bicyclic) bond motifs is 5. The number of hydrogen-bond donors (Lipinski definition) is 0. The molecule has 9 atom stereocenters. The molecule has 4 rings (SSSR count). The maximum absolute atomic E-state index is 2.83. The van der Waals surface area contributed by atoms with E-state index in [0.29, 0.717) is 32.5 Å². The van der Waals surface area contributed by atoms with Crippen LogP contribution < -0.4 is 0 Å². The molecule has 3 saturated carbocycles. The second kappa shape index (κ2) is 6.66. The van der Waals surface area contributed by atoms with Crippen LogP contribution in [0.2, 0.25) is 0 Å². The predicted molar refractivity (Wildman–Crippen MR) is 136 cm³/mol. The monoisotopic (exact) mass is 426 g/mol. The maximum Gasteiger partial charge on any atom is -0.0000549 e. The topological polar surface area (TPSA) is 0 Å². The molecule has 0 nitrogen and oxygen atoms in total. The van der Waals surface area contributed by atoms with Gasteiger partial charge >= 0.3 is 0 Å². The Balaban J connectivity index is 1.92. The van der Waals surface area contributed by atoms with Crippen molar-refractivity contribution >= 4 is 0 Å². The first-order chi connectivity index (χ1) is 14.1. The van der Waals surface area contributed by atoms with Crippen molar-refractivity contribution in [2.24, 2.45) is 49.7 Å². The van der Waals surface area contributed by atoms with Crippen LogP contribution in [-0.4, -0.2) is 0 Å². The van der Waals surface area contributed by atoms with Gasteiger partial charge in [-0.3, -0.25) is 0 Å². The first-order valence-corrected chi connectivity index (χ1v) is 13.8. The van der Waals surface area contributed by atoms with Crippen molar-refractivity contribution < 1.29 is 0 Å². The minimum absolute atomic E-state index is 0.283. The molecule has 31 heavy (non-hydrogen) atoms. The number of hydrogen-bond acceptors (Lipinski definition) is 0. The van der Waals surface area contributed by atoms with Crippen LogP contribution in [0.1, 0.15) is 134 Å². The van der Waals surface area contributed by atoms with E-state index >= 15 is 0 Å². The fourth-order valence-electron chi connectivity index (χ4n) is 11.3. The molecule has 0 N–H and O–H groups in total. The Labute approximate surface area is 195 Å². The van der Waals surface area contributed by atoms with Gasteiger partial charge in [0.05, 0.1) is 0 Å². The zero-order valence-corrected chi connectivity index (χ0v) is 23.1. The van der Waals surface area contributed by atoms with Gasteiger partial charge in [-0.25, -0.2) is 0 Å². The Morgan fingerprint density at radius 2 is 1.39 bits per heavy atom. The lowest BCUT2D eigenvalue weighted by atomic mass is 9.27. The molecule has 0 aliphatic heterocycles. The largest absolute Gasteiger partial charge is 0.0785 e. The average Bonchev–Trinajstić information content (AvgIpc) is 2.91. The highest BCUT2D eigenvalue weighted by atomic mass is 14.8. The summed E-state index contributed by atoms with van der Waals surface area (Å²) in [5.41, 5.74) is 4.41. The van der Waals surface area contributed by atoms with E-state index in [2.05, 4.69) is 82.2 Å². The molecule has 0 aromatic heterocycles. The second-order valence-corrected chi connectivity index (χ2v) is 14.7. The summed E-state index contributed by atoms with van der Waals surface area (Å²) in [6, 6.07) is 0. The van der Waals surface area contributed by atoms with E-state index in [4.69, 9.17) is 0 Å². The molecule has 0 radical (unpaired) electrons. The van der Waals surface area contributed by atoms with Crippen LogP contribution in [-0.2, 0) is 0 Å². The SMILES string of the molecule is CCC[C@@H](C)[C@@]1(C)CC[C@]2(C)[C@]1(C)CC[C@]1(C)[C@@]3(C)CC[C@@H](C)C[C@@]3(C)C=C(C)[C@@]21C. The fourth-order valence-corrected chi connectivity index (χ4v) is 11.3. The Morgan fingerprint density at radius 1 is 0.839 bits per heavy atom. The molecular formula is C31H54. The first-order valence-electron chi connectivity index (χ1n) is 13.8. The van der Waals surface area contributed by atoms with Crippen molar-refractivity contribution in [2.45, 2.75) is 134 Å². The molecule has 0 aromatic rings. The predicted octanol–water partition coefficient (Wildman–Crippen LogP) is 9.83. The lowest BCUT2D eigenvalue weighted by molar-refractivity contribution is -0.252. The minimum atomic E-state index is 0.283. The van der Waals surface area contributed by atoms with E-state index in [1.54, 1.807) is 5.57 Å². The highest BCUT2D eigenvalue weighted by Crippen LogP contribution is 2.85. The zero-order valence-electron chi connectivity index (χ0n) is 23.1. The van der Waals surface area contributed by atoms with Crippen LogP contribution in [0.3, 0.4) is 0 Å². The van der Waals surface area contributed by atoms with E-state index in [1.165, 1.54) is 57.8 Å². The molecule has 0 bridgehead atoms. The summed E-state index contributed by atoms with van der Waals surface area (Å²) in [6.45, 7) is 29.1. The van der Waals surface area contributed by atoms with E-state index in [1.807, 2.05) is 0 Å². The molecule has 4 aliphatic carbocycles. The molecule has 0 aromatic carbocycles. The van der Waals surface area contributed by atoms with Crippen LogP contribution in [0.4, 0.5) is 0 Å². The maximum atomic E-state index is 2.83. The Hall–Kier alpha value is -0.260. The molecule has 0 saturated heterocycles. The second-order valence-electron chi connectivity index (χ2n) is 14.7. The van der Waals surface area contributed by atoms with Gasteiger partial charge in [0.25, 0.3) is 0 Å². The minimum Gasteiger partial charge on any atom is -0.0785 e. The molecule has 3 fully saturated rings. The highest BCUT2D eigenvalue weighted by Gasteiger charge is 2.78. The van der Waals surface area contributed by atoms with Gasteiger partial charge in [0.1, 0.15) is 0 Å². The first kappa shape index (κ1) is 23.9. The summed E-state index contributed by atoms with van der Waals surface area (Å²) in [5, 5.41) is 0. The standard InChI is InChI=1S/C31H54/c1-12-13-23(3)26(6)16-17-30(10)28(26,8)18-19-29(9)27(7)15-14-22(2)20-25(27,5)21-24(4)31(29,30)11/h21-23H,12-20H2,1-11H3/t22-,23-,25+,26-,27+,28-,29-,30-,31-/m1/s1. The van der Waals surface area contributed by atoms with Gasteiger partial charge in [-0.1, -0.05) is 100 Å². The van der Waals surface area contributed by atoms with Crippen LogP contribution in [0.15, 0.2) is 11.6 Å². The molecule has 178 valence electrons. The van der Waals surface area contributed by atoms with Crippen molar-refractivity contribution in [2.75, 3.05) is 0 Å². The van der Waals surface area contributed by atoms with E-state index in [0.717, 1.165) is 11.8 Å².